The topological polar surface area (TPSA) is 69.6 Å². The lowest BCUT2D eigenvalue weighted by atomic mass is 10.1. The molecule has 6 nitrogen and oxygen atoms in total. The minimum atomic E-state index is 0.526. The molecule has 3 aromatic heterocycles. The predicted molar refractivity (Wildman–Crippen MR) is 123 cm³/mol. The van der Waals surface area contributed by atoms with Gasteiger partial charge in [-0.1, -0.05) is 58.9 Å². The van der Waals surface area contributed by atoms with Gasteiger partial charge in [0, 0.05) is 22.5 Å². The maximum atomic E-state index is 5.45. The molecule has 3 heterocycles. The average molecular weight is 446 g/mol. The van der Waals surface area contributed by atoms with Crippen molar-refractivity contribution in [3.63, 3.8) is 0 Å². The molecule has 0 aliphatic heterocycles. The van der Waals surface area contributed by atoms with Crippen LogP contribution in [0.15, 0.2) is 81.8 Å². The summed E-state index contributed by atoms with van der Waals surface area (Å²) in [7, 11) is 0. The minimum Gasteiger partial charge on any atom is -0.334 e. The SMILES string of the molecule is Cc1ccc(-c2nc(CSc3nnc(Cc4cccs4)n3-c3ccccc3)no2)cc1. The van der Waals surface area contributed by atoms with Crippen molar-refractivity contribution in [2.24, 2.45) is 0 Å². The molecule has 0 aliphatic carbocycles. The second kappa shape index (κ2) is 8.87. The molecule has 0 atom stereocenters. The molecule has 5 aromatic rings. The number of hydrogen-bond acceptors (Lipinski definition) is 7. The lowest BCUT2D eigenvalue weighted by Gasteiger charge is -2.09. The van der Waals surface area contributed by atoms with Crippen LogP contribution in [0.1, 0.15) is 22.1 Å². The number of nitrogens with zero attached hydrogens (tertiary/aromatic N) is 5. The largest absolute Gasteiger partial charge is 0.334 e. The lowest BCUT2D eigenvalue weighted by Crippen LogP contribution is -2.03. The third kappa shape index (κ3) is 4.45. The van der Waals surface area contributed by atoms with Gasteiger partial charge in [0.15, 0.2) is 11.0 Å². The molecule has 8 heteroatoms. The van der Waals surface area contributed by atoms with Crippen molar-refractivity contribution >= 4 is 23.1 Å². The first kappa shape index (κ1) is 19.7. The zero-order chi connectivity index (χ0) is 21.0. The Morgan fingerprint density at radius 3 is 2.58 bits per heavy atom. The smallest absolute Gasteiger partial charge is 0.257 e. The van der Waals surface area contributed by atoms with E-state index >= 15 is 0 Å². The summed E-state index contributed by atoms with van der Waals surface area (Å²) >= 11 is 3.27. The predicted octanol–water partition coefficient (Wildman–Crippen LogP) is 5.57. The van der Waals surface area contributed by atoms with E-state index in [-0.39, 0.29) is 0 Å². The average Bonchev–Trinajstić information content (AvgIpc) is 3.55. The van der Waals surface area contributed by atoms with Crippen LogP contribution in [0, 0.1) is 6.92 Å². The molecule has 0 saturated carbocycles. The van der Waals surface area contributed by atoms with Gasteiger partial charge in [-0.2, -0.15) is 4.98 Å². The Labute approximate surface area is 188 Å². The maximum Gasteiger partial charge on any atom is 0.257 e. The van der Waals surface area contributed by atoms with Gasteiger partial charge in [0.25, 0.3) is 5.89 Å². The van der Waals surface area contributed by atoms with Crippen LogP contribution in [0.25, 0.3) is 17.1 Å². The van der Waals surface area contributed by atoms with Gasteiger partial charge >= 0.3 is 0 Å². The summed E-state index contributed by atoms with van der Waals surface area (Å²) in [5.74, 6) is 2.60. The van der Waals surface area contributed by atoms with Crippen LogP contribution in [0.3, 0.4) is 0 Å². The van der Waals surface area contributed by atoms with E-state index in [0.29, 0.717) is 17.5 Å². The molecule has 0 fully saturated rings. The van der Waals surface area contributed by atoms with Crippen molar-refractivity contribution in [2.75, 3.05) is 0 Å². The van der Waals surface area contributed by atoms with Crippen molar-refractivity contribution in [3.8, 4) is 17.1 Å². The third-order valence-corrected chi connectivity index (χ3v) is 6.53. The summed E-state index contributed by atoms with van der Waals surface area (Å²) in [6.45, 7) is 2.05. The molecule has 31 heavy (non-hydrogen) atoms. The van der Waals surface area contributed by atoms with E-state index in [0.717, 1.165) is 28.7 Å². The van der Waals surface area contributed by atoms with Crippen molar-refractivity contribution < 1.29 is 4.52 Å². The molecule has 0 spiro atoms. The highest BCUT2D eigenvalue weighted by molar-refractivity contribution is 7.98. The first-order chi connectivity index (χ1) is 15.3. The lowest BCUT2D eigenvalue weighted by molar-refractivity contribution is 0.425. The first-order valence-electron chi connectivity index (χ1n) is 9.81. The molecular weight excluding hydrogens is 426 g/mol. The number of para-hydroxylation sites is 1. The molecule has 0 bridgehead atoms. The maximum absolute atomic E-state index is 5.45. The van der Waals surface area contributed by atoms with E-state index in [1.54, 1.807) is 23.1 Å². The highest BCUT2D eigenvalue weighted by Gasteiger charge is 2.17. The van der Waals surface area contributed by atoms with Crippen LogP contribution in [0.2, 0.25) is 0 Å². The highest BCUT2D eigenvalue weighted by Crippen LogP contribution is 2.27. The van der Waals surface area contributed by atoms with Gasteiger partial charge in [-0.25, -0.2) is 0 Å². The summed E-state index contributed by atoms with van der Waals surface area (Å²) in [6, 6.07) is 22.4. The van der Waals surface area contributed by atoms with Crippen LogP contribution >= 0.6 is 23.1 Å². The van der Waals surface area contributed by atoms with Crippen molar-refractivity contribution in [3.05, 3.63) is 94.2 Å². The van der Waals surface area contributed by atoms with Gasteiger partial charge in [0.1, 0.15) is 5.82 Å². The molecule has 0 amide bonds. The zero-order valence-electron chi connectivity index (χ0n) is 16.8. The minimum absolute atomic E-state index is 0.526. The number of thiophene rings is 1. The highest BCUT2D eigenvalue weighted by atomic mass is 32.2. The van der Waals surface area contributed by atoms with Crippen LogP contribution in [0.5, 0.6) is 0 Å². The summed E-state index contributed by atoms with van der Waals surface area (Å²) in [5, 5.41) is 16.0. The Hall–Kier alpha value is -3.23. The Bertz CT molecular complexity index is 1260. The number of rotatable bonds is 7. The van der Waals surface area contributed by atoms with Crippen molar-refractivity contribution in [1.29, 1.82) is 0 Å². The number of hydrogen-bond donors (Lipinski definition) is 0. The van der Waals surface area contributed by atoms with Gasteiger partial charge in [-0.3, -0.25) is 4.57 Å². The summed E-state index contributed by atoms with van der Waals surface area (Å²) < 4.78 is 7.56. The van der Waals surface area contributed by atoms with Gasteiger partial charge < -0.3 is 4.52 Å². The Balaban J connectivity index is 1.38. The fraction of sp³-hybridized carbons (Fsp3) is 0.130. The molecule has 5 rings (SSSR count). The van der Waals surface area contributed by atoms with Crippen LogP contribution in [-0.2, 0) is 12.2 Å². The molecular formula is C23H19N5OS2. The third-order valence-electron chi connectivity index (χ3n) is 4.72. The Morgan fingerprint density at radius 1 is 0.968 bits per heavy atom. The zero-order valence-corrected chi connectivity index (χ0v) is 18.4. The normalized spacial score (nSPS) is 11.1. The molecule has 2 aromatic carbocycles. The first-order valence-corrected chi connectivity index (χ1v) is 11.7. The van der Waals surface area contributed by atoms with Gasteiger partial charge in [0.2, 0.25) is 0 Å². The fourth-order valence-electron chi connectivity index (χ4n) is 3.17. The summed E-state index contributed by atoms with van der Waals surface area (Å²) in [4.78, 5) is 5.79. The quantitative estimate of drug-likeness (QED) is 0.305. The number of benzene rings is 2. The number of thioether (sulfide) groups is 1. The van der Waals surface area contributed by atoms with Gasteiger partial charge in [0.05, 0.1) is 5.75 Å². The molecule has 0 unspecified atom stereocenters. The van der Waals surface area contributed by atoms with E-state index in [9.17, 15) is 0 Å². The van der Waals surface area contributed by atoms with Crippen LogP contribution in [0.4, 0.5) is 0 Å². The van der Waals surface area contributed by atoms with E-state index in [1.165, 1.54) is 10.4 Å². The standard InChI is InChI=1S/C23H19N5OS2/c1-16-9-11-17(12-10-16)22-24-20(27-29-22)15-31-23-26-25-21(14-19-8-5-13-30-19)28(23)18-6-3-2-4-7-18/h2-13H,14-15H2,1H3. The molecule has 0 N–H and O–H groups in total. The van der Waals surface area contributed by atoms with Crippen LogP contribution < -0.4 is 0 Å². The summed E-state index contributed by atoms with van der Waals surface area (Å²) in [6.07, 6.45) is 0.736. The van der Waals surface area contributed by atoms with Crippen molar-refractivity contribution in [2.45, 2.75) is 24.3 Å². The van der Waals surface area contributed by atoms with Crippen molar-refractivity contribution in [1.82, 2.24) is 24.9 Å². The molecule has 0 radical (unpaired) electrons. The molecule has 154 valence electrons. The number of aromatic nitrogens is 5. The van der Waals surface area contributed by atoms with Crippen LogP contribution in [-0.4, -0.2) is 24.9 Å². The Morgan fingerprint density at radius 2 is 1.81 bits per heavy atom. The second-order valence-corrected chi connectivity index (χ2v) is 8.97. The number of aryl methyl sites for hydroxylation is 1. The fourth-order valence-corrected chi connectivity index (χ4v) is 4.68. The monoisotopic (exact) mass is 445 g/mol. The van der Waals surface area contributed by atoms with E-state index in [1.807, 2.05) is 42.5 Å². The van der Waals surface area contributed by atoms with E-state index in [4.69, 9.17) is 4.52 Å². The van der Waals surface area contributed by atoms with Gasteiger partial charge in [-0.15, -0.1) is 21.5 Å². The summed E-state index contributed by atoms with van der Waals surface area (Å²) in [5.41, 5.74) is 3.15. The van der Waals surface area contributed by atoms with Gasteiger partial charge in [-0.05, 0) is 42.6 Å². The van der Waals surface area contributed by atoms with E-state index in [2.05, 4.69) is 61.5 Å². The van der Waals surface area contributed by atoms with E-state index < -0.39 is 0 Å². The molecule has 0 aliphatic rings. The molecule has 0 saturated heterocycles. The Kier molecular flexibility index (Phi) is 5.64. The second-order valence-electron chi connectivity index (χ2n) is 7.00.